The van der Waals surface area contributed by atoms with Crippen molar-refractivity contribution in [3.05, 3.63) is 65.2 Å². The van der Waals surface area contributed by atoms with Gasteiger partial charge in [0.25, 0.3) is 0 Å². The lowest BCUT2D eigenvalue weighted by molar-refractivity contribution is -0.125. The van der Waals surface area contributed by atoms with Crippen molar-refractivity contribution in [1.29, 1.82) is 0 Å². The van der Waals surface area contributed by atoms with Crippen LogP contribution in [0.1, 0.15) is 18.1 Å². The summed E-state index contributed by atoms with van der Waals surface area (Å²) in [6.45, 7) is 5.34. The minimum atomic E-state index is -0.381. The third-order valence-electron chi connectivity index (χ3n) is 4.47. The van der Waals surface area contributed by atoms with Crippen LogP contribution in [-0.2, 0) is 11.3 Å². The van der Waals surface area contributed by atoms with Gasteiger partial charge in [0.15, 0.2) is 0 Å². The van der Waals surface area contributed by atoms with E-state index in [-0.39, 0.29) is 23.6 Å². The van der Waals surface area contributed by atoms with E-state index in [0.717, 1.165) is 11.1 Å². The molecule has 0 aliphatic carbocycles. The molecule has 1 saturated heterocycles. The van der Waals surface area contributed by atoms with Gasteiger partial charge in [-0.3, -0.25) is 9.69 Å². The van der Waals surface area contributed by atoms with Gasteiger partial charge in [-0.15, -0.1) is 0 Å². The molecule has 3 rings (SSSR count). The third-order valence-corrected chi connectivity index (χ3v) is 4.47. The van der Waals surface area contributed by atoms with Crippen molar-refractivity contribution in [2.75, 3.05) is 18.0 Å². The highest BCUT2D eigenvalue weighted by molar-refractivity contribution is 5.97. The molecule has 1 fully saturated rings. The molecule has 2 aromatic rings. The lowest BCUT2D eigenvalue weighted by Crippen LogP contribution is -2.55. The Kier molecular flexibility index (Phi) is 4.62. The molecule has 0 radical (unpaired) electrons. The second-order valence-electron chi connectivity index (χ2n) is 6.22. The van der Waals surface area contributed by atoms with Crippen LogP contribution in [0, 0.1) is 18.6 Å². The Morgan fingerprint density at radius 1 is 1.08 bits per heavy atom. The quantitative estimate of drug-likeness (QED) is 0.860. The van der Waals surface area contributed by atoms with E-state index in [9.17, 15) is 13.6 Å². The van der Waals surface area contributed by atoms with Crippen molar-refractivity contribution in [3.63, 3.8) is 0 Å². The predicted molar refractivity (Wildman–Crippen MR) is 89.8 cm³/mol. The molecule has 24 heavy (non-hydrogen) atoms. The molecule has 0 saturated carbocycles. The average Bonchev–Trinajstić information content (AvgIpc) is 2.57. The summed E-state index contributed by atoms with van der Waals surface area (Å²) >= 11 is 0. The summed E-state index contributed by atoms with van der Waals surface area (Å²) in [5, 5.41) is 0. The van der Waals surface area contributed by atoms with E-state index in [0.29, 0.717) is 25.3 Å². The Morgan fingerprint density at radius 2 is 1.79 bits per heavy atom. The first-order valence-electron chi connectivity index (χ1n) is 8.02. The van der Waals surface area contributed by atoms with Gasteiger partial charge in [-0.25, -0.2) is 8.78 Å². The number of benzene rings is 2. The number of hydrogen-bond donors (Lipinski definition) is 0. The topological polar surface area (TPSA) is 23.6 Å². The van der Waals surface area contributed by atoms with E-state index >= 15 is 0 Å². The van der Waals surface area contributed by atoms with Gasteiger partial charge in [0.1, 0.15) is 11.6 Å². The van der Waals surface area contributed by atoms with Crippen LogP contribution in [0.4, 0.5) is 14.5 Å². The molecule has 0 aromatic heterocycles. The fraction of sp³-hybridized carbons (Fsp3) is 0.316. The van der Waals surface area contributed by atoms with Gasteiger partial charge < -0.3 is 4.90 Å². The first-order valence-corrected chi connectivity index (χ1v) is 8.02. The summed E-state index contributed by atoms with van der Waals surface area (Å²) in [6, 6.07) is 10.7. The monoisotopic (exact) mass is 330 g/mol. The van der Waals surface area contributed by atoms with Gasteiger partial charge in [-0.05, 0) is 49.2 Å². The smallest absolute Gasteiger partial charge is 0.244 e. The van der Waals surface area contributed by atoms with E-state index in [2.05, 4.69) is 0 Å². The Hall–Kier alpha value is -2.27. The second-order valence-corrected chi connectivity index (χ2v) is 6.22. The maximum absolute atomic E-state index is 14.1. The Balaban J connectivity index is 1.76. The van der Waals surface area contributed by atoms with Crippen molar-refractivity contribution < 1.29 is 13.6 Å². The maximum Gasteiger partial charge on any atom is 0.244 e. The summed E-state index contributed by atoms with van der Waals surface area (Å²) in [5.74, 6) is -0.774. The second kappa shape index (κ2) is 6.69. The van der Waals surface area contributed by atoms with Crippen molar-refractivity contribution in [3.8, 4) is 0 Å². The van der Waals surface area contributed by atoms with E-state index in [1.54, 1.807) is 24.3 Å². The van der Waals surface area contributed by atoms with Crippen molar-refractivity contribution in [2.24, 2.45) is 0 Å². The zero-order chi connectivity index (χ0) is 17.3. The van der Waals surface area contributed by atoms with Crippen LogP contribution in [0.3, 0.4) is 0 Å². The number of aryl methyl sites for hydroxylation is 1. The van der Waals surface area contributed by atoms with Crippen LogP contribution < -0.4 is 4.90 Å². The minimum Gasteiger partial charge on any atom is -0.307 e. The fourth-order valence-electron chi connectivity index (χ4n) is 3.02. The van der Waals surface area contributed by atoms with Crippen LogP contribution >= 0.6 is 0 Å². The average molecular weight is 330 g/mol. The number of rotatable bonds is 3. The van der Waals surface area contributed by atoms with E-state index in [1.165, 1.54) is 23.1 Å². The van der Waals surface area contributed by atoms with E-state index in [1.807, 2.05) is 18.7 Å². The molecule has 1 heterocycles. The van der Waals surface area contributed by atoms with Crippen LogP contribution in [-0.4, -0.2) is 29.9 Å². The molecular formula is C19H20F2N2O. The zero-order valence-electron chi connectivity index (χ0n) is 13.8. The van der Waals surface area contributed by atoms with Crippen molar-refractivity contribution >= 4 is 11.6 Å². The third kappa shape index (κ3) is 3.31. The first-order chi connectivity index (χ1) is 11.5. The first kappa shape index (κ1) is 16.6. The molecular weight excluding hydrogens is 310 g/mol. The molecule has 5 heteroatoms. The van der Waals surface area contributed by atoms with Gasteiger partial charge in [0.2, 0.25) is 5.91 Å². The summed E-state index contributed by atoms with van der Waals surface area (Å²) in [7, 11) is 0. The molecule has 1 amide bonds. The largest absolute Gasteiger partial charge is 0.307 e. The number of anilines is 1. The Bertz CT molecular complexity index is 746. The summed E-state index contributed by atoms with van der Waals surface area (Å²) < 4.78 is 27.1. The lowest BCUT2D eigenvalue weighted by atomic mass is 10.1. The molecule has 2 aromatic carbocycles. The molecule has 1 aliphatic rings. The summed E-state index contributed by atoms with van der Waals surface area (Å²) in [5.41, 5.74) is 2.21. The highest BCUT2D eigenvalue weighted by Gasteiger charge is 2.33. The molecule has 126 valence electrons. The number of nitrogens with zero attached hydrogens (tertiary/aromatic N) is 2. The van der Waals surface area contributed by atoms with E-state index in [4.69, 9.17) is 0 Å². The molecule has 0 spiro atoms. The van der Waals surface area contributed by atoms with E-state index < -0.39 is 0 Å². The van der Waals surface area contributed by atoms with Gasteiger partial charge in [0, 0.05) is 19.6 Å². The number of carbonyl (C=O) groups excluding carboxylic acids is 1. The normalized spacial score (nSPS) is 18.9. The van der Waals surface area contributed by atoms with Gasteiger partial charge in [-0.2, -0.15) is 0 Å². The van der Waals surface area contributed by atoms with Crippen LogP contribution in [0.25, 0.3) is 0 Å². The van der Waals surface area contributed by atoms with Gasteiger partial charge in [0.05, 0.1) is 11.7 Å². The molecule has 3 nitrogen and oxygen atoms in total. The fourth-order valence-corrected chi connectivity index (χ4v) is 3.02. The van der Waals surface area contributed by atoms with Crippen LogP contribution in [0.2, 0.25) is 0 Å². The molecule has 1 unspecified atom stereocenters. The lowest BCUT2D eigenvalue weighted by Gasteiger charge is -2.39. The van der Waals surface area contributed by atoms with Crippen LogP contribution in [0.5, 0.6) is 0 Å². The van der Waals surface area contributed by atoms with Crippen molar-refractivity contribution in [2.45, 2.75) is 26.4 Å². The number of carbonyl (C=O) groups is 1. The standard InChI is InChI=1S/C19H20F2N2O/c1-13-3-8-17(21)18(11-13)23-10-9-22(14(2)19(23)24)12-15-4-6-16(20)7-5-15/h3-8,11,14H,9-10,12H2,1-2H3. The number of piperazine rings is 1. The molecule has 1 aliphatic heterocycles. The SMILES string of the molecule is Cc1ccc(F)c(N2CCN(Cc3ccc(F)cc3)C(C)C2=O)c1. The molecule has 1 atom stereocenters. The van der Waals surface area contributed by atoms with Crippen molar-refractivity contribution in [1.82, 2.24) is 4.90 Å². The number of hydrogen-bond acceptors (Lipinski definition) is 2. The molecule has 0 bridgehead atoms. The Labute approximate surface area is 140 Å². The summed E-state index contributed by atoms with van der Waals surface area (Å²) in [4.78, 5) is 16.3. The molecule has 0 N–H and O–H groups in total. The van der Waals surface area contributed by atoms with Crippen LogP contribution in [0.15, 0.2) is 42.5 Å². The highest BCUT2D eigenvalue weighted by Crippen LogP contribution is 2.25. The number of amides is 1. The zero-order valence-corrected chi connectivity index (χ0v) is 13.8. The predicted octanol–water partition coefficient (Wildman–Crippen LogP) is 3.51. The van der Waals surface area contributed by atoms with Gasteiger partial charge in [-0.1, -0.05) is 18.2 Å². The summed E-state index contributed by atoms with van der Waals surface area (Å²) in [6.07, 6.45) is 0. The highest BCUT2D eigenvalue weighted by atomic mass is 19.1. The Morgan fingerprint density at radius 3 is 2.50 bits per heavy atom. The maximum atomic E-state index is 14.1. The minimum absolute atomic E-state index is 0.118. The van der Waals surface area contributed by atoms with Gasteiger partial charge >= 0.3 is 0 Å². The number of halogens is 2.